The summed E-state index contributed by atoms with van der Waals surface area (Å²) in [5.74, 6) is -0.00459. The number of nitrogens with one attached hydrogen (secondary N) is 1. The van der Waals surface area contributed by atoms with Crippen molar-refractivity contribution in [2.45, 2.75) is 26.2 Å². The Labute approximate surface area is 186 Å². The van der Waals surface area contributed by atoms with Gasteiger partial charge in [-0.3, -0.25) is 4.79 Å². The summed E-state index contributed by atoms with van der Waals surface area (Å²) in [6.07, 6.45) is 2.13. The standard InChI is InChI=1S/C21H16Cl2N2O4S/c1-11-18-14(24-25-20(26)17-6-3-9-30-17)4-2-5-16(18)28-19(11)21(27)29-15-8-7-12(22)10-13(15)23/h3,6-10H,2,4-5H2,1H3,(H,25,26)/b24-14+. The van der Waals surface area contributed by atoms with Gasteiger partial charge in [0.25, 0.3) is 5.91 Å². The van der Waals surface area contributed by atoms with Crippen LogP contribution in [-0.2, 0) is 6.42 Å². The molecule has 30 heavy (non-hydrogen) atoms. The van der Waals surface area contributed by atoms with Crippen molar-refractivity contribution < 1.29 is 18.7 Å². The van der Waals surface area contributed by atoms with Crippen molar-refractivity contribution in [3.63, 3.8) is 0 Å². The van der Waals surface area contributed by atoms with Gasteiger partial charge >= 0.3 is 5.97 Å². The van der Waals surface area contributed by atoms with E-state index in [-0.39, 0.29) is 22.4 Å². The van der Waals surface area contributed by atoms with Crippen molar-refractivity contribution >= 4 is 52.1 Å². The number of rotatable bonds is 4. The quantitative estimate of drug-likeness (QED) is 0.308. The fraction of sp³-hybridized carbons (Fsp3) is 0.190. The predicted octanol–water partition coefficient (Wildman–Crippen LogP) is 5.65. The maximum absolute atomic E-state index is 12.7. The van der Waals surface area contributed by atoms with Crippen molar-refractivity contribution in [1.82, 2.24) is 5.43 Å². The second kappa shape index (κ2) is 8.63. The predicted molar refractivity (Wildman–Crippen MR) is 116 cm³/mol. The number of carbonyl (C=O) groups excluding carboxylic acids is 2. The molecule has 0 fully saturated rings. The summed E-state index contributed by atoms with van der Waals surface area (Å²) in [6.45, 7) is 1.77. The van der Waals surface area contributed by atoms with Crippen LogP contribution in [0.5, 0.6) is 5.75 Å². The first-order valence-electron chi connectivity index (χ1n) is 9.14. The van der Waals surface area contributed by atoms with E-state index >= 15 is 0 Å². The summed E-state index contributed by atoms with van der Waals surface area (Å²) in [5.41, 5.74) is 4.61. The van der Waals surface area contributed by atoms with Gasteiger partial charge in [-0.05, 0) is 49.4 Å². The van der Waals surface area contributed by atoms with Crippen LogP contribution in [-0.4, -0.2) is 17.6 Å². The topological polar surface area (TPSA) is 80.9 Å². The van der Waals surface area contributed by atoms with E-state index in [1.807, 2.05) is 5.38 Å². The zero-order chi connectivity index (χ0) is 21.3. The third-order valence-corrected chi connectivity index (χ3v) is 6.04. The minimum Gasteiger partial charge on any atom is -0.453 e. The molecular weight excluding hydrogens is 447 g/mol. The average Bonchev–Trinajstić information content (AvgIpc) is 3.37. The molecular formula is C21H16Cl2N2O4S. The van der Waals surface area contributed by atoms with Crippen molar-refractivity contribution in [2.24, 2.45) is 5.10 Å². The van der Waals surface area contributed by atoms with Crippen LogP contribution < -0.4 is 10.2 Å². The zero-order valence-corrected chi connectivity index (χ0v) is 18.2. The molecule has 1 aliphatic rings. The molecule has 1 aliphatic carbocycles. The second-order valence-electron chi connectivity index (χ2n) is 6.65. The van der Waals surface area contributed by atoms with Crippen LogP contribution in [0.3, 0.4) is 0 Å². The van der Waals surface area contributed by atoms with E-state index in [0.717, 1.165) is 12.0 Å². The molecule has 0 saturated carbocycles. The zero-order valence-electron chi connectivity index (χ0n) is 15.8. The van der Waals surface area contributed by atoms with Crippen molar-refractivity contribution in [3.8, 4) is 5.75 Å². The molecule has 154 valence electrons. The smallest absolute Gasteiger partial charge is 0.379 e. The fourth-order valence-electron chi connectivity index (χ4n) is 3.26. The minimum absolute atomic E-state index is 0.0881. The number of furan rings is 1. The van der Waals surface area contributed by atoms with Crippen molar-refractivity contribution in [1.29, 1.82) is 0 Å². The highest BCUT2D eigenvalue weighted by molar-refractivity contribution is 7.12. The Morgan fingerprint density at radius 1 is 1.23 bits per heavy atom. The Bertz CT molecular complexity index is 1150. The summed E-state index contributed by atoms with van der Waals surface area (Å²) in [5, 5.41) is 6.79. The number of hydrogen-bond acceptors (Lipinski definition) is 6. The van der Waals surface area contributed by atoms with Crippen molar-refractivity contribution in [2.75, 3.05) is 0 Å². The number of carbonyl (C=O) groups is 2. The molecule has 0 aliphatic heterocycles. The normalized spacial score (nSPS) is 14.4. The molecule has 2 aromatic heterocycles. The minimum atomic E-state index is -0.659. The van der Waals surface area contributed by atoms with Gasteiger partial charge in [-0.1, -0.05) is 29.3 Å². The monoisotopic (exact) mass is 462 g/mol. The fourth-order valence-corrected chi connectivity index (χ4v) is 4.32. The van der Waals surface area contributed by atoms with Gasteiger partial charge < -0.3 is 9.15 Å². The van der Waals surface area contributed by atoms with Crippen LogP contribution in [0.4, 0.5) is 0 Å². The van der Waals surface area contributed by atoms with Gasteiger partial charge in [-0.25, -0.2) is 10.2 Å². The Morgan fingerprint density at radius 2 is 2.07 bits per heavy atom. The lowest BCUT2D eigenvalue weighted by molar-refractivity contribution is 0.0698. The number of amides is 1. The highest BCUT2D eigenvalue weighted by atomic mass is 35.5. The van der Waals surface area contributed by atoms with E-state index in [9.17, 15) is 9.59 Å². The second-order valence-corrected chi connectivity index (χ2v) is 8.44. The molecule has 0 unspecified atom stereocenters. The summed E-state index contributed by atoms with van der Waals surface area (Å²) in [6, 6.07) is 8.12. The van der Waals surface area contributed by atoms with E-state index in [2.05, 4.69) is 10.5 Å². The summed E-state index contributed by atoms with van der Waals surface area (Å²) >= 11 is 13.3. The maximum Gasteiger partial charge on any atom is 0.379 e. The van der Waals surface area contributed by atoms with Crippen LogP contribution in [0.25, 0.3) is 0 Å². The largest absolute Gasteiger partial charge is 0.453 e. The third-order valence-electron chi connectivity index (χ3n) is 4.65. The number of nitrogens with zero attached hydrogens (tertiary/aromatic N) is 1. The van der Waals surface area contributed by atoms with Crippen LogP contribution in [0.1, 0.15) is 50.0 Å². The Kier molecular flexibility index (Phi) is 5.94. The Balaban J connectivity index is 1.58. The summed E-state index contributed by atoms with van der Waals surface area (Å²) in [7, 11) is 0. The van der Waals surface area contributed by atoms with E-state index < -0.39 is 5.97 Å². The highest BCUT2D eigenvalue weighted by Crippen LogP contribution is 2.32. The van der Waals surface area contributed by atoms with Crippen LogP contribution in [0.15, 0.2) is 45.2 Å². The lowest BCUT2D eigenvalue weighted by atomic mass is 9.93. The maximum atomic E-state index is 12.7. The first kappa shape index (κ1) is 20.7. The summed E-state index contributed by atoms with van der Waals surface area (Å²) in [4.78, 5) is 25.5. The van der Waals surface area contributed by atoms with Gasteiger partial charge in [0.1, 0.15) is 11.5 Å². The molecule has 9 heteroatoms. The molecule has 0 radical (unpaired) electrons. The Morgan fingerprint density at radius 3 is 2.80 bits per heavy atom. The average molecular weight is 463 g/mol. The van der Waals surface area contributed by atoms with Gasteiger partial charge in [-0.2, -0.15) is 5.10 Å². The molecule has 0 atom stereocenters. The molecule has 1 N–H and O–H groups in total. The van der Waals surface area contributed by atoms with Crippen LogP contribution >= 0.6 is 34.5 Å². The number of hydrogen-bond donors (Lipinski definition) is 1. The highest BCUT2D eigenvalue weighted by Gasteiger charge is 2.29. The molecule has 2 heterocycles. The lowest BCUT2D eigenvalue weighted by Gasteiger charge is -2.13. The van der Waals surface area contributed by atoms with Gasteiger partial charge in [0, 0.05) is 22.6 Å². The third kappa shape index (κ3) is 4.14. The molecule has 0 saturated heterocycles. The molecule has 1 aromatic carbocycles. The number of aryl methyl sites for hydroxylation is 1. The van der Waals surface area contributed by atoms with Crippen LogP contribution in [0.2, 0.25) is 10.0 Å². The first-order valence-corrected chi connectivity index (χ1v) is 10.8. The summed E-state index contributed by atoms with van der Waals surface area (Å²) < 4.78 is 11.2. The number of benzene rings is 1. The number of halogens is 2. The molecule has 6 nitrogen and oxygen atoms in total. The number of ether oxygens (including phenoxy) is 1. The lowest BCUT2D eigenvalue weighted by Crippen LogP contribution is -2.21. The molecule has 1 amide bonds. The van der Waals surface area contributed by atoms with Gasteiger partial charge in [0.05, 0.1) is 15.6 Å². The number of hydrazone groups is 1. The van der Waals surface area contributed by atoms with Crippen molar-refractivity contribution in [3.05, 3.63) is 73.3 Å². The van der Waals surface area contributed by atoms with E-state index in [0.29, 0.717) is 39.8 Å². The Hall–Kier alpha value is -2.61. The SMILES string of the molecule is Cc1c(C(=O)Oc2ccc(Cl)cc2Cl)oc2c1/C(=N/NC(=O)c1cccs1)CCC2. The van der Waals surface area contributed by atoms with Gasteiger partial charge in [-0.15, -0.1) is 11.3 Å². The van der Waals surface area contributed by atoms with E-state index in [1.54, 1.807) is 25.1 Å². The molecule has 0 spiro atoms. The molecule has 0 bridgehead atoms. The number of esters is 1. The molecule has 4 rings (SSSR count). The van der Waals surface area contributed by atoms with Gasteiger partial charge in [0.15, 0.2) is 0 Å². The van der Waals surface area contributed by atoms with E-state index in [4.69, 9.17) is 32.4 Å². The van der Waals surface area contributed by atoms with Gasteiger partial charge in [0.2, 0.25) is 5.76 Å². The number of fused-ring (bicyclic) bond motifs is 1. The number of thiophene rings is 1. The van der Waals surface area contributed by atoms with Crippen LogP contribution in [0, 0.1) is 6.92 Å². The van der Waals surface area contributed by atoms with E-state index in [1.165, 1.54) is 23.5 Å². The molecule has 3 aromatic rings. The first-order chi connectivity index (χ1) is 14.4.